The van der Waals surface area contributed by atoms with Gasteiger partial charge in [0.1, 0.15) is 6.04 Å². The maximum Gasteiger partial charge on any atom is 0.325 e. The number of nitrogens with zero attached hydrogens (tertiary/aromatic N) is 2. The Morgan fingerprint density at radius 1 is 1.38 bits per heavy atom. The Morgan fingerprint density at radius 2 is 2.10 bits per heavy atom. The second-order valence-electron chi connectivity index (χ2n) is 5.45. The van der Waals surface area contributed by atoms with E-state index in [1.165, 1.54) is 0 Å². The molecule has 1 saturated heterocycles. The zero-order valence-corrected chi connectivity index (χ0v) is 13.7. The Bertz CT molecular complexity index is 524. The second-order valence-corrected chi connectivity index (χ2v) is 6.27. The Hall–Kier alpha value is -0.810. The van der Waals surface area contributed by atoms with E-state index < -0.39 is 12.0 Å². The number of piperazine rings is 1. The molecule has 0 radical (unpaired) electrons. The first-order valence-electron chi connectivity index (χ1n) is 7.06. The van der Waals surface area contributed by atoms with Crippen LogP contribution >= 0.6 is 23.2 Å². The molecule has 1 aliphatic heterocycles. The van der Waals surface area contributed by atoms with Crippen LogP contribution in [0.15, 0.2) is 18.2 Å². The molecule has 0 bridgehead atoms. The van der Waals surface area contributed by atoms with Crippen LogP contribution in [0, 0.1) is 0 Å². The lowest BCUT2D eigenvalue weighted by atomic mass is 10.0. The minimum Gasteiger partial charge on any atom is -0.480 e. The van der Waals surface area contributed by atoms with Gasteiger partial charge in [0.25, 0.3) is 0 Å². The van der Waals surface area contributed by atoms with Crippen molar-refractivity contribution in [2.45, 2.75) is 25.4 Å². The summed E-state index contributed by atoms with van der Waals surface area (Å²) in [5.74, 6) is -0.854. The number of hydrogen-bond donors (Lipinski definition) is 1. The normalized spacial score (nSPS) is 22.2. The summed E-state index contributed by atoms with van der Waals surface area (Å²) in [7, 11) is 2.08. The number of carboxylic acid groups (broad SMARTS) is 1. The van der Waals surface area contributed by atoms with Crippen LogP contribution in [-0.4, -0.2) is 53.6 Å². The highest BCUT2D eigenvalue weighted by Gasteiger charge is 2.33. The molecule has 21 heavy (non-hydrogen) atoms. The van der Waals surface area contributed by atoms with E-state index in [1.807, 2.05) is 4.90 Å². The standard InChI is InChI=1S/C15H20Cl2N2O2/c1-3-11-9-19(7-6-18(11)2)14(15(20)21)10-4-5-12(16)13(17)8-10/h4-5,8,11,14H,3,6-7,9H2,1-2H3,(H,20,21). The van der Waals surface area contributed by atoms with Gasteiger partial charge in [-0.2, -0.15) is 0 Å². The minimum absolute atomic E-state index is 0.378. The molecule has 1 N–H and O–H groups in total. The van der Waals surface area contributed by atoms with E-state index in [2.05, 4.69) is 18.9 Å². The molecular formula is C15H20Cl2N2O2. The summed E-state index contributed by atoms with van der Waals surface area (Å²) in [6.07, 6.45) is 1.00. The van der Waals surface area contributed by atoms with Gasteiger partial charge in [-0.1, -0.05) is 36.2 Å². The molecule has 2 unspecified atom stereocenters. The average molecular weight is 331 g/mol. The third-order valence-corrected chi connectivity index (χ3v) is 4.88. The molecule has 2 atom stereocenters. The molecule has 0 spiro atoms. The number of rotatable bonds is 4. The van der Waals surface area contributed by atoms with Gasteiger partial charge >= 0.3 is 5.97 Å². The SMILES string of the molecule is CCC1CN(C(C(=O)O)c2ccc(Cl)c(Cl)c2)CCN1C. The fourth-order valence-corrected chi connectivity index (χ4v) is 3.14. The van der Waals surface area contributed by atoms with Gasteiger partial charge in [-0.3, -0.25) is 9.69 Å². The average Bonchev–Trinajstić information content (AvgIpc) is 2.44. The van der Waals surface area contributed by atoms with Crippen LogP contribution < -0.4 is 0 Å². The summed E-state index contributed by atoms with van der Waals surface area (Å²) in [5.41, 5.74) is 0.677. The second kappa shape index (κ2) is 6.97. The van der Waals surface area contributed by atoms with Gasteiger partial charge in [0, 0.05) is 25.7 Å². The first kappa shape index (κ1) is 16.6. The van der Waals surface area contributed by atoms with E-state index in [0.29, 0.717) is 21.7 Å². The fraction of sp³-hybridized carbons (Fsp3) is 0.533. The number of carbonyl (C=O) groups is 1. The number of halogens is 2. The number of likely N-dealkylation sites (N-methyl/N-ethyl adjacent to an activating group) is 1. The first-order valence-corrected chi connectivity index (χ1v) is 7.81. The topological polar surface area (TPSA) is 43.8 Å². The molecule has 1 aliphatic rings. The molecule has 1 aromatic rings. The highest BCUT2D eigenvalue weighted by atomic mass is 35.5. The van der Waals surface area contributed by atoms with Crippen molar-refractivity contribution in [2.24, 2.45) is 0 Å². The summed E-state index contributed by atoms with van der Waals surface area (Å²) >= 11 is 11.9. The van der Waals surface area contributed by atoms with E-state index in [1.54, 1.807) is 18.2 Å². The van der Waals surface area contributed by atoms with Crippen LogP contribution in [0.4, 0.5) is 0 Å². The van der Waals surface area contributed by atoms with Crippen molar-refractivity contribution in [3.05, 3.63) is 33.8 Å². The Balaban J connectivity index is 2.26. The number of hydrogen-bond acceptors (Lipinski definition) is 3. The van der Waals surface area contributed by atoms with Gasteiger partial charge in [0.15, 0.2) is 0 Å². The lowest BCUT2D eigenvalue weighted by Gasteiger charge is -2.41. The molecule has 1 fully saturated rings. The van der Waals surface area contributed by atoms with Crippen molar-refractivity contribution in [1.29, 1.82) is 0 Å². The molecule has 0 aliphatic carbocycles. The van der Waals surface area contributed by atoms with Crippen molar-refractivity contribution < 1.29 is 9.90 Å². The van der Waals surface area contributed by atoms with Crippen molar-refractivity contribution in [2.75, 3.05) is 26.7 Å². The molecule has 0 amide bonds. The Kier molecular flexibility index (Phi) is 5.49. The quantitative estimate of drug-likeness (QED) is 0.921. The van der Waals surface area contributed by atoms with E-state index in [9.17, 15) is 9.90 Å². The van der Waals surface area contributed by atoms with Gasteiger partial charge in [-0.05, 0) is 31.2 Å². The summed E-state index contributed by atoms with van der Waals surface area (Å²) < 4.78 is 0. The molecule has 2 rings (SSSR count). The van der Waals surface area contributed by atoms with Crippen LogP contribution in [0.25, 0.3) is 0 Å². The fourth-order valence-electron chi connectivity index (χ4n) is 2.84. The van der Waals surface area contributed by atoms with E-state index in [-0.39, 0.29) is 0 Å². The highest BCUT2D eigenvalue weighted by Crippen LogP contribution is 2.30. The van der Waals surface area contributed by atoms with Gasteiger partial charge in [-0.15, -0.1) is 0 Å². The number of benzene rings is 1. The number of carboxylic acids is 1. The maximum atomic E-state index is 11.7. The van der Waals surface area contributed by atoms with Crippen LogP contribution in [0.2, 0.25) is 10.0 Å². The van der Waals surface area contributed by atoms with Crippen LogP contribution in [0.3, 0.4) is 0 Å². The van der Waals surface area contributed by atoms with Crippen LogP contribution in [0.5, 0.6) is 0 Å². The molecule has 0 saturated carbocycles. The molecule has 1 heterocycles. The van der Waals surface area contributed by atoms with Crippen molar-refractivity contribution in [3.63, 3.8) is 0 Å². The van der Waals surface area contributed by atoms with E-state index in [4.69, 9.17) is 23.2 Å². The first-order chi connectivity index (χ1) is 9.93. The predicted octanol–water partition coefficient (Wildman–Crippen LogP) is 3.15. The van der Waals surface area contributed by atoms with Crippen molar-refractivity contribution in [1.82, 2.24) is 9.80 Å². The molecule has 4 nitrogen and oxygen atoms in total. The predicted molar refractivity (Wildman–Crippen MR) is 85.1 cm³/mol. The molecule has 1 aromatic carbocycles. The summed E-state index contributed by atoms with van der Waals surface area (Å²) in [6.45, 7) is 4.46. The van der Waals surface area contributed by atoms with Gasteiger partial charge in [-0.25, -0.2) is 0 Å². The third-order valence-electron chi connectivity index (χ3n) is 4.14. The van der Waals surface area contributed by atoms with Gasteiger partial charge in [0.05, 0.1) is 10.0 Å². The van der Waals surface area contributed by atoms with Gasteiger partial charge < -0.3 is 10.0 Å². The molecule has 0 aromatic heterocycles. The smallest absolute Gasteiger partial charge is 0.325 e. The Morgan fingerprint density at radius 3 is 2.67 bits per heavy atom. The van der Waals surface area contributed by atoms with Crippen molar-refractivity contribution in [3.8, 4) is 0 Å². The largest absolute Gasteiger partial charge is 0.480 e. The lowest BCUT2D eigenvalue weighted by Crippen LogP contribution is -2.53. The lowest BCUT2D eigenvalue weighted by molar-refractivity contribution is -0.144. The zero-order valence-electron chi connectivity index (χ0n) is 12.2. The van der Waals surface area contributed by atoms with Gasteiger partial charge in [0.2, 0.25) is 0 Å². The number of aliphatic carboxylic acids is 1. The van der Waals surface area contributed by atoms with E-state index >= 15 is 0 Å². The molecule has 116 valence electrons. The molecule has 6 heteroatoms. The van der Waals surface area contributed by atoms with Crippen molar-refractivity contribution >= 4 is 29.2 Å². The molecular weight excluding hydrogens is 311 g/mol. The Labute approximate surface area is 135 Å². The van der Waals surface area contributed by atoms with E-state index in [0.717, 1.165) is 26.1 Å². The maximum absolute atomic E-state index is 11.7. The van der Waals surface area contributed by atoms with Crippen LogP contribution in [0.1, 0.15) is 24.9 Å². The minimum atomic E-state index is -0.854. The highest BCUT2D eigenvalue weighted by molar-refractivity contribution is 6.42. The van der Waals surface area contributed by atoms with Crippen LogP contribution in [-0.2, 0) is 4.79 Å². The summed E-state index contributed by atoms with van der Waals surface area (Å²) in [5, 5.41) is 10.5. The third kappa shape index (κ3) is 3.69. The zero-order chi connectivity index (χ0) is 15.6. The monoisotopic (exact) mass is 330 g/mol. The summed E-state index contributed by atoms with van der Waals surface area (Å²) in [6, 6.07) is 4.75. The summed E-state index contributed by atoms with van der Waals surface area (Å²) in [4.78, 5) is 16.0.